The van der Waals surface area contributed by atoms with Gasteiger partial charge in [0.15, 0.2) is 5.78 Å². The number of ketones is 1. The highest BCUT2D eigenvalue weighted by Gasteiger charge is 2.38. The lowest BCUT2D eigenvalue weighted by molar-refractivity contribution is -0.116. The van der Waals surface area contributed by atoms with Gasteiger partial charge in [-0.1, -0.05) is 48.5 Å². The molecule has 0 fully saturated rings. The van der Waals surface area contributed by atoms with Gasteiger partial charge in [-0.15, -0.1) is 0 Å². The second-order valence-corrected chi connectivity index (χ2v) is 7.24. The Kier molecular flexibility index (Phi) is 4.27. The van der Waals surface area contributed by atoms with Crippen LogP contribution in [0.4, 0.5) is 11.6 Å². The first kappa shape index (κ1) is 17.5. The number of fused-ring (bicyclic) bond motifs is 1. The average Bonchev–Trinajstić information content (AvgIpc) is 3.13. The van der Waals surface area contributed by atoms with Gasteiger partial charge in [0.25, 0.3) is 0 Å². The van der Waals surface area contributed by atoms with Crippen molar-refractivity contribution in [1.82, 2.24) is 10.3 Å². The summed E-state index contributed by atoms with van der Waals surface area (Å²) in [5.41, 5.74) is 3.56. The van der Waals surface area contributed by atoms with Crippen molar-refractivity contribution in [1.29, 1.82) is 0 Å². The van der Waals surface area contributed by atoms with Gasteiger partial charge in [-0.25, -0.2) is 4.63 Å². The Morgan fingerprint density at radius 3 is 2.59 bits per heavy atom. The van der Waals surface area contributed by atoms with Crippen LogP contribution < -0.4 is 15.4 Å². The zero-order valence-electron chi connectivity index (χ0n) is 15.9. The van der Waals surface area contributed by atoms with Gasteiger partial charge in [-0.05, 0) is 34.3 Å². The van der Waals surface area contributed by atoms with E-state index in [4.69, 9.17) is 9.37 Å². The number of carbonyl (C=O) groups excluding carboxylic acids is 1. The number of anilines is 2. The van der Waals surface area contributed by atoms with E-state index < -0.39 is 6.04 Å². The fourth-order valence-electron chi connectivity index (χ4n) is 4.20. The van der Waals surface area contributed by atoms with Gasteiger partial charge in [0.2, 0.25) is 11.6 Å². The predicted octanol–water partition coefficient (Wildman–Crippen LogP) is 4.06. The summed E-state index contributed by atoms with van der Waals surface area (Å²) in [7, 11) is 1.63. The fraction of sp³-hybridized carbons (Fsp3) is 0.227. The summed E-state index contributed by atoms with van der Waals surface area (Å²) in [5.74, 6) is 1.86. The average molecular weight is 388 g/mol. The molecule has 3 aromatic rings. The van der Waals surface area contributed by atoms with Crippen molar-refractivity contribution >= 4 is 17.4 Å². The van der Waals surface area contributed by atoms with E-state index in [0.717, 1.165) is 16.8 Å². The second kappa shape index (κ2) is 7.09. The molecule has 0 radical (unpaired) electrons. The van der Waals surface area contributed by atoms with Crippen LogP contribution in [-0.2, 0) is 4.79 Å². The number of hydrogen-bond acceptors (Lipinski definition) is 7. The molecule has 0 saturated heterocycles. The molecule has 2 aliphatic rings. The second-order valence-electron chi connectivity index (χ2n) is 7.24. The zero-order chi connectivity index (χ0) is 19.8. The lowest BCUT2D eigenvalue weighted by Gasteiger charge is -2.30. The van der Waals surface area contributed by atoms with Gasteiger partial charge >= 0.3 is 0 Å². The molecule has 0 spiro atoms. The normalized spacial score (nSPS) is 20.8. The SMILES string of the molecule is COc1ccccc1[C@H]1Nc2nonc2NC2=C1C(=O)C[C@H](c1ccccc1)C2. The molecule has 7 heteroatoms. The number of benzene rings is 2. The molecule has 0 bridgehead atoms. The number of nitrogens with one attached hydrogen (secondary N) is 2. The molecule has 2 N–H and O–H groups in total. The Hall–Kier alpha value is -3.61. The minimum Gasteiger partial charge on any atom is -0.496 e. The molecule has 146 valence electrons. The van der Waals surface area contributed by atoms with Gasteiger partial charge in [-0.2, -0.15) is 0 Å². The molecular weight excluding hydrogens is 368 g/mol. The summed E-state index contributed by atoms with van der Waals surface area (Å²) in [6, 6.07) is 17.4. The number of ether oxygens (including phenoxy) is 1. The van der Waals surface area contributed by atoms with Crippen LogP contribution in [0.15, 0.2) is 70.5 Å². The number of methoxy groups -OCH3 is 1. The third-order valence-electron chi connectivity index (χ3n) is 5.56. The number of nitrogens with zero attached hydrogens (tertiary/aromatic N) is 2. The molecular formula is C22H20N4O3. The minimum absolute atomic E-state index is 0.0955. The molecule has 2 atom stereocenters. The quantitative estimate of drug-likeness (QED) is 0.699. The third kappa shape index (κ3) is 3.04. The third-order valence-corrected chi connectivity index (χ3v) is 5.56. The largest absolute Gasteiger partial charge is 0.496 e. The van der Waals surface area contributed by atoms with Crippen molar-refractivity contribution in [2.75, 3.05) is 17.7 Å². The van der Waals surface area contributed by atoms with Crippen LogP contribution in [0.25, 0.3) is 0 Å². The minimum atomic E-state index is -0.411. The smallest absolute Gasteiger partial charge is 0.219 e. The Labute approximate surface area is 167 Å². The van der Waals surface area contributed by atoms with Crippen LogP contribution in [0.1, 0.15) is 35.9 Å². The fourth-order valence-corrected chi connectivity index (χ4v) is 4.20. The highest BCUT2D eigenvalue weighted by molar-refractivity contribution is 6.01. The number of para-hydroxylation sites is 1. The summed E-state index contributed by atoms with van der Waals surface area (Å²) < 4.78 is 10.5. The van der Waals surface area contributed by atoms with E-state index in [-0.39, 0.29) is 11.7 Å². The topological polar surface area (TPSA) is 89.3 Å². The monoisotopic (exact) mass is 388 g/mol. The molecule has 2 aromatic carbocycles. The van der Waals surface area contributed by atoms with Crippen LogP contribution >= 0.6 is 0 Å². The molecule has 2 heterocycles. The van der Waals surface area contributed by atoms with Gasteiger partial charge < -0.3 is 15.4 Å². The molecule has 5 rings (SSSR count). The number of hydrogen-bond donors (Lipinski definition) is 2. The number of aromatic nitrogens is 2. The lowest BCUT2D eigenvalue weighted by atomic mass is 9.78. The van der Waals surface area contributed by atoms with E-state index in [0.29, 0.717) is 35.8 Å². The Bertz CT molecular complexity index is 1090. The maximum Gasteiger partial charge on any atom is 0.219 e. The summed E-state index contributed by atoms with van der Waals surface area (Å²) >= 11 is 0. The number of carbonyl (C=O) groups is 1. The lowest BCUT2D eigenvalue weighted by Crippen LogP contribution is -2.27. The Balaban J connectivity index is 1.63. The first-order valence-electron chi connectivity index (χ1n) is 9.55. The summed E-state index contributed by atoms with van der Waals surface area (Å²) in [4.78, 5) is 13.4. The molecule has 1 aromatic heterocycles. The van der Waals surface area contributed by atoms with Crippen molar-refractivity contribution < 1.29 is 14.2 Å². The van der Waals surface area contributed by atoms with E-state index in [9.17, 15) is 4.79 Å². The van der Waals surface area contributed by atoms with Crippen LogP contribution in [0.5, 0.6) is 5.75 Å². The number of allylic oxidation sites excluding steroid dienone is 1. The van der Waals surface area contributed by atoms with Gasteiger partial charge in [0, 0.05) is 23.3 Å². The number of Topliss-reactive ketones (excluding diaryl/α,β-unsaturated/α-hetero) is 1. The van der Waals surface area contributed by atoms with Crippen LogP contribution in [0, 0.1) is 0 Å². The summed E-state index contributed by atoms with van der Waals surface area (Å²) in [6.07, 6.45) is 1.15. The summed E-state index contributed by atoms with van der Waals surface area (Å²) in [6.45, 7) is 0. The van der Waals surface area contributed by atoms with E-state index >= 15 is 0 Å². The van der Waals surface area contributed by atoms with E-state index in [1.165, 1.54) is 0 Å². The van der Waals surface area contributed by atoms with E-state index in [1.54, 1.807) is 7.11 Å². The van der Waals surface area contributed by atoms with Crippen molar-refractivity contribution in [2.45, 2.75) is 24.8 Å². The molecule has 29 heavy (non-hydrogen) atoms. The maximum atomic E-state index is 13.4. The Morgan fingerprint density at radius 2 is 1.76 bits per heavy atom. The first-order chi connectivity index (χ1) is 14.2. The first-order valence-corrected chi connectivity index (χ1v) is 9.55. The number of rotatable bonds is 3. The maximum absolute atomic E-state index is 13.4. The van der Waals surface area contributed by atoms with Crippen molar-refractivity contribution in [3.8, 4) is 5.75 Å². The van der Waals surface area contributed by atoms with Gasteiger partial charge in [-0.3, -0.25) is 4.79 Å². The van der Waals surface area contributed by atoms with Crippen molar-refractivity contribution in [3.05, 3.63) is 77.0 Å². The molecule has 0 saturated carbocycles. The highest BCUT2D eigenvalue weighted by Crippen LogP contribution is 2.44. The van der Waals surface area contributed by atoms with Gasteiger partial charge in [0.05, 0.1) is 13.2 Å². The molecule has 0 unspecified atom stereocenters. The zero-order valence-corrected chi connectivity index (χ0v) is 15.9. The predicted molar refractivity (Wildman–Crippen MR) is 108 cm³/mol. The van der Waals surface area contributed by atoms with Gasteiger partial charge in [0.1, 0.15) is 5.75 Å². The molecule has 7 nitrogen and oxygen atoms in total. The van der Waals surface area contributed by atoms with Crippen molar-refractivity contribution in [3.63, 3.8) is 0 Å². The van der Waals surface area contributed by atoms with E-state index in [2.05, 4.69) is 33.1 Å². The van der Waals surface area contributed by atoms with Crippen LogP contribution in [-0.4, -0.2) is 23.2 Å². The molecule has 0 amide bonds. The van der Waals surface area contributed by atoms with E-state index in [1.807, 2.05) is 42.5 Å². The standard InChI is InChI=1S/C22H20N4O3/c1-28-18-10-6-5-9-15(18)20-19-16(23-21-22(24-20)26-29-25-21)11-14(12-17(19)27)13-7-3-2-4-8-13/h2-10,14,20H,11-12H2,1H3,(H,23,25)(H,24,26)/t14-,20-/m1/s1. The van der Waals surface area contributed by atoms with Crippen molar-refractivity contribution in [2.24, 2.45) is 0 Å². The highest BCUT2D eigenvalue weighted by atomic mass is 16.6. The Morgan fingerprint density at radius 1 is 1.00 bits per heavy atom. The van der Waals surface area contributed by atoms with Crippen LogP contribution in [0.3, 0.4) is 0 Å². The van der Waals surface area contributed by atoms with Crippen LogP contribution in [0.2, 0.25) is 0 Å². The summed E-state index contributed by atoms with van der Waals surface area (Å²) in [5, 5.41) is 14.6. The molecule has 1 aliphatic heterocycles. The molecule has 1 aliphatic carbocycles.